The van der Waals surface area contributed by atoms with Crippen LogP contribution >= 0.6 is 0 Å². The van der Waals surface area contributed by atoms with Crippen molar-refractivity contribution in [1.82, 2.24) is 14.5 Å². The topological polar surface area (TPSA) is 73.2 Å². The standard InChI is InChI=1S/C23H23N5O2/c1-28-21-12-17(26-18-14-29-15-18)7-10-20(21)27-23(28)25-13-16-5-8-19(9-6-16)30-22-4-2-3-11-24-22/h2-12,18,26H,13-15H2,1H3,(H,25,27). The Morgan fingerprint density at radius 2 is 1.97 bits per heavy atom. The molecule has 152 valence electrons. The van der Waals surface area contributed by atoms with E-state index in [0.29, 0.717) is 18.5 Å². The van der Waals surface area contributed by atoms with Gasteiger partial charge in [0.2, 0.25) is 11.8 Å². The number of anilines is 2. The molecule has 5 rings (SSSR count). The van der Waals surface area contributed by atoms with Crippen LogP contribution in [0, 0.1) is 0 Å². The summed E-state index contributed by atoms with van der Waals surface area (Å²) in [5.74, 6) is 2.18. The van der Waals surface area contributed by atoms with Crippen molar-refractivity contribution in [2.75, 3.05) is 23.8 Å². The van der Waals surface area contributed by atoms with Crippen molar-refractivity contribution >= 4 is 22.7 Å². The third-order valence-electron chi connectivity index (χ3n) is 5.12. The smallest absolute Gasteiger partial charge is 0.219 e. The molecule has 0 amide bonds. The molecule has 2 aromatic carbocycles. The van der Waals surface area contributed by atoms with Crippen LogP contribution in [0.5, 0.6) is 11.6 Å². The fraction of sp³-hybridized carbons (Fsp3) is 0.217. The van der Waals surface area contributed by atoms with Gasteiger partial charge in [-0.15, -0.1) is 0 Å². The Kier molecular flexibility index (Phi) is 4.94. The highest BCUT2D eigenvalue weighted by Crippen LogP contribution is 2.24. The lowest BCUT2D eigenvalue weighted by molar-refractivity contribution is 0.0211. The first-order valence-electron chi connectivity index (χ1n) is 9.97. The zero-order valence-electron chi connectivity index (χ0n) is 16.7. The number of benzene rings is 2. The monoisotopic (exact) mass is 401 g/mol. The van der Waals surface area contributed by atoms with Gasteiger partial charge in [0.15, 0.2) is 0 Å². The highest BCUT2D eigenvalue weighted by molar-refractivity contribution is 5.82. The number of ether oxygens (including phenoxy) is 2. The number of nitrogens with zero attached hydrogens (tertiary/aromatic N) is 3. The highest BCUT2D eigenvalue weighted by Gasteiger charge is 2.18. The van der Waals surface area contributed by atoms with E-state index in [1.165, 1.54) is 0 Å². The number of aryl methyl sites for hydroxylation is 1. The first-order valence-corrected chi connectivity index (χ1v) is 9.97. The van der Waals surface area contributed by atoms with Crippen LogP contribution in [0.2, 0.25) is 0 Å². The maximum Gasteiger partial charge on any atom is 0.219 e. The molecule has 0 saturated carbocycles. The molecule has 1 saturated heterocycles. The van der Waals surface area contributed by atoms with Crippen LogP contribution in [0.25, 0.3) is 11.0 Å². The first-order chi connectivity index (χ1) is 14.7. The number of pyridine rings is 1. The largest absolute Gasteiger partial charge is 0.439 e. The van der Waals surface area contributed by atoms with Crippen LogP contribution < -0.4 is 15.4 Å². The average Bonchev–Trinajstić information content (AvgIpc) is 3.06. The fourth-order valence-corrected chi connectivity index (χ4v) is 3.38. The number of hydrogen-bond acceptors (Lipinski definition) is 6. The second-order valence-corrected chi connectivity index (χ2v) is 7.34. The molecular weight excluding hydrogens is 378 g/mol. The van der Waals surface area contributed by atoms with E-state index in [2.05, 4.69) is 32.3 Å². The Labute approximate surface area is 174 Å². The molecule has 30 heavy (non-hydrogen) atoms. The molecule has 2 N–H and O–H groups in total. The van der Waals surface area contributed by atoms with Crippen LogP contribution in [-0.2, 0) is 18.3 Å². The van der Waals surface area contributed by atoms with Crippen molar-refractivity contribution in [2.45, 2.75) is 12.6 Å². The van der Waals surface area contributed by atoms with Crippen molar-refractivity contribution in [3.8, 4) is 11.6 Å². The van der Waals surface area contributed by atoms with Crippen molar-refractivity contribution in [3.05, 3.63) is 72.4 Å². The van der Waals surface area contributed by atoms with E-state index in [1.807, 2.05) is 55.6 Å². The van der Waals surface area contributed by atoms with Crippen molar-refractivity contribution in [1.29, 1.82) is 0 Å². The molecule has 4 aromatic rings. The lowest BCUT2D eigenvalue weighted by Gasteiger charge is -2.27. The Hall–Kier alpha value is -3.58. The van der Waals surface area contributed by atoms with E-state index >= 15 is 0 Å². The minimum absolute atomic E-state index is 0.401. The van der Waals surface area contributed by atoms with Gasteiger partial charge < -0.3 is 24.7 Å². The zero-order valence-corrected chi connectivity index (χ0v) is 16.7. The molecule has 0 bridgehead atoms. The maximum absolute atomic E-state index is 5.74. The summed E-state index contributed by atoms with van der Waals surface area (Å²) < 4.78 is 13.1. The average molecular weight is 401 g/mol. The van der Waals surface area contributed by atoms with Gasteiger partial charge >= 0.3 is 0 Å². The van der Waals surface area contributed by atoms with E-state index < -0.39 is 0 Å². The minimum atomic E-state index is 0.401. The Morgan fingerprint density at radius 1 is 1.10 bits per heavy atom. The van der Waals surface area contributed by atoms with Crippen molar-refractivity contribution < 1.29 is 9.47 Å². The summed E-state index contributed by atoms with van der Waals surface area (Å²) >= 11 is 0. The number of imidazole rings is 1. The predicted molar refractivity (Wildman–Crippen MR) is 117 cm³/mol. The van der Waals surface area contributed by atoms with E-state index in [1.54, 1.807) is 6.20 Å². The lowest BCUT2D eigenvalue weighted by atomic mass is 10.2. The minimum Gasteiger partial charge on any atom is -0.439 e. The van der Waals surface area contributed by atoms with Crippen LogP contribution in [0.4, 0.5) is 11.6 Å². The molecule has 7 nitrogen and oxygen atoms in total. The van der Waals surface area contributed by atoms with Crippen molar-refractivity contribution in [3.63, 3.8) is 0 Å². The SMILES string of the molecule is Cn1c(NCc2ccc(Oc3ccccn3)cc2)nc2ccc(NC3COC3)cc21. The van der Waals surface area contributed by atoms with Crippen LogP contribution in [0.3, 0.4) is 0 Å². The summed E-state index contributed by atoms with van der Waals surface area (Å²) in [6, 6.07) is 20.2. The quantitative estimate of drug-likeness (QED) is 0.484. The van der Waals surface area contributed by atoms with Crippen LogP contribution in [0.1, 0.15) is 5.56 Å². The summed E-state index contributed by atoms with van der Waals surface area (Å²) in [5.41, 5.74) is 4.29. The first kappa shape index (κ1) is 18.4. The number of hydrogen-bond donors (Lipinski definition) is 2. The molecule has 1 aliphatic rings. The van der Waals surface area contributed by atoms with Crippen LogP contribution in [0.15, 0.2) is 66.9 Å². The van der Waals surface area contributed by atoms with E-state index in [0.717, 1.165) is 47.2 Å². The summed E-state index contributed by atoms with van der Waals surface area (Å²) in [6.45, 7) is 2.20. The van der Waals surface area contributed by atoms with Gasteiger partial charge in [-0.2, -0.15) is 0 Å². The van der Waals surface area contributed by atoms with Gasteiger partial charge in [0.25, 0.3) is 0 Å². The van der Waals surface area contributed by atoms with E-state index in [-0.39, 0.29) is 0 Å². The molecule has 2 aromatic heterocycles. The third kappa shape index (κ3) is 3.92. The van der Waals surface area contributed by atoms with Gasteiger partial charge in [-0.3, -0.25) is 0 Å². The molecule has 3 heterocycles. The van der Waals surface area contributed by atoms with Gasteiger partial charge in [-0.25, -0.2) is 9.97 Å². The highest BCUT2D eigenvalue weighted by atomic mass is 16.5. The number of nitrogens with one attached hydrogen (secondary N) is 2. The van der Waals surface area contributed by atoms with Gasteiger partial charge in [0, 0.05) is 31.5 Å². The van der Waals surface area contributed by atoms with Crippen molar-refractivity contribution in [2.24, 2.45) is 7.05 Å². The predicted octanol–water partition coefficient (Wildman–Crippen LogP) is 4.18. The lowest BCUT2D eigenvalue weighted by Crippen LogP contribution is -2.40. The van der Waals surface area contributed by atoms with Gasteiger partial charge in [-0.1, -0.05) is 18.2 Å². The normalized spacial score (nSPS) is 13.8. The number of rotatable bonds is 7. The molecule has 1 aliphatic heterocycles. The van der Waals surface area contributed by atoms with Gasteiger partial charge in [-0.05, 0) is 42.0 Å². The molecule has 0 radical (unpaired) electrons. The number of aromatic nitrogens is 3. The van der Waals surface area contributed by atoms with Gasteiger partial charge in [0.1, 0.15) is 5.75 Å². The number of fused-ring (bicyclic) bond motifs is 1. The Bertz CT molecular complexity index is 1140. The molecule has 0 spiro atoms. The second kappa shape index (κ2) is 8.04. The molecule has 0 atom stereocenters. The second-order valence-electron chi connectivity index (χ2n) is 7.34. The Balaban J connectivity index is 1.24. The molecule has 0 unspecified atom stereocenters. The molecular formula is C23H23N5O2. The molecule has 0 aliphatic carbocycles. The van der Waals surface area contributed by atoms with E-state index in [9.17, 15) is 0 Å². The summed E-state index contributed by atoms with van der Waals surface area (Å²) in [6.07, 6.45) is 1.71. The zero-order chi connectivity index (χ0) is 20.3. The maximum atomic E-state index is 5.74. The Morgan fingerprint density at radius 3 is 2.70 bits per heavy atom. The summed E-state index contributed by atoms with van der Waals surface area (Å²) in [7, 11) is 2.03. The molecule has 1 fully saturated rings. The van der Waals surface area contributed by atoms with Crippen LogP contribution in [-0.4, -0.2) is 33.8 Å². The summed E-state index contributed by atoms with van der Waals surface area (Å²) in [5, 5.41) is 6.91. The van der Waals surface area contributed by atoms with Gasteiger partial charge in [0.05, 0.1) is 30.3 Å². The fourth-order valence-electron chi connectivity index (χ4n) is 3.38. The van der Waals surface area contributed by atoms with E-state index in [4.69, 9.17) is 14.5 Å². The third-order valence-corrected chi connectivity index (χ3v) is 5.12. The molecule has 7 heteroatoms. The summed E-state index contributed by atoms with van der Waals surface area (Å²) in [4.78, 5) is 8.90.